The second-order valence-corrected chi connectivity index (χ2v) is 5.21. The van der Waals surface area contributed by atoms with Crippen LogP contribution in [-0.2, 0) is 5.54 Å². The summed E-state index contributed by atoms with van der Waals surface area (Å²) < 4.78 is 12.9. The zero-order chi connectivity index (χ0) is 11.0. The largest absolute Gasteiger partial charge is 0.305 e. The van der Waals surface area contributed by atoms with Gasteiger partial charge < -0.3 is 5.32 Å². The molecule has 0 amide bonds. The van der Waals surface area contributed by atoms with Crippen LogP contribution >= 0.6 is 0 Å². The van der Waals surface area contributed by atoms with Crippen molar-refractivity contribution in [2.75, 3.05) is 0 Å². The van der Waals surface area contributed by atoms with Crippen LogP contribution in [0.4, 0.5) is 4.39 Å². The second kappa shape index (κ2) is 3.85. The van der Waals surface area contributed by atoms with Crippen molar-refractivity contribution in [3.05, 3.63) is 35.6 Å². The topological polar surface area (TPSA) is 12.0 Å². The Morgan fingerprint density at radius 1 is 1.06 bits per heavy atom. The summed E-state index contributed by atoms with van der Waals surface area (Å²) >= 11 is 0. The third-order valence-corrected chi connectivity index (χ3v) is 3.98. The summed E-state index contributed by atoms with van der Waals surface area (Å²) in [5.41, 5.74) is 1.45. The van der Waals surface area contributed by atoms with Crippen LogP contribution in [0, 0.1) is 5.82 Å². The molecule has 0 unspecified atom stereocenters. The van der Waals surface area contributed by atoms with Crippen molar-refractivity contribution in [1.82, 2.24) is 5.32 Å². The van der Waals surface area contributed by atoms with Crippen molar-refractivity contribution >= 4 is 0 Å². The van der Waals surface area contributed by atoms with E-state index in [1.807, 2.05) is 12.1 Å². The van der Waals surface area contributed by atoms with Crippen LogP contribution in [0.2, 0.25) is 0 Å². The van der Waals surface area contributed by atoms with Crippen molar-refractivity contribution in [2.45, 2.75) is 50.1 Å². The highest BCUT2D eigenvalue weighted by Crippen LogP contribution is 2.46. The van der Waals surface area contributed by atoms with E-state index in [2.05, 4.69) is 5.32 Å². The highest BCUT2D eigenvalue weighted by molar-refractivity contribution is 5.30. The van der Waals surface area contributed by atoms with E-state index in [0.29, 0.717) is 6.04 Å². The van der Waals surface area contributed by atoms with E-state index < -0.39 is 0 Å². The molecule has 86 valence electrons. The predicted octanol–water partition coefficient (Wildman–Crippen LogP) is 3.35. The summed E-state index contributed by atoms with van der Waals surface area (Å²) in [4.78, 5) is 0. The molecule has 0 radical (unpaired) electrons. The summed E-state index contributed by atoms with van der Waals surface area (Å²) in [5, 5.41) is 3.78. The van der Waals surface area contributed by atoms with E-state index in [-0.39, 0.29) is 11.4 Å². The van der Waals surface area contributed by atoms with Crippen LogP contribution in [-0.4, -0.2) is 6.04 Å². The number of halogens is 1. The van der Waals surface area contributed by atoms with Gasteiger partial charge in [0.15, 0.2) is 0 Å². The van der Waals surface area contributed by atoms with E-state index in [0.717, 1.165) is 0 Å². The molecule has 2 saturated carbocycles. The maximum atomic E-state index is 12.9. The molecule has 0 spiro atoms. The lowest BCUT2D eigenvalue weighted by Gasteiger charge is -2.22. The lowest BCUT2D eigenvalue weighted by Crippen LogP contribution is -2.36. The zero-order valence-corrected chi connectivity index (χ0v) is 9.51. The molecule has 0 saturated heterocycles. The van der Waals surface area contributed by atoms with Crippen LogP contribution in [0.3, 0.4) is 0 Å². The van der Waals surface area contributed by atoms with Crippen molar-refractivity contribution < 1.29 is 4.39 Å². The minimum absolute atomic E-state index is 0.139. The second-order valence-electron chi connectivity index (χ2n) is 5.21. The van der Waals surface area contributed by atoms with Gasteiger partial charge in [0.25, 0.3) is 0 Å². The standard InChI is InChI=1S/C14H18FN/c15-12-7-5-11(6-8-12)14(9-10-14)16-13-3-1-2-4-13/h5-8,13,16H,1-4,9-10H2. The molecule has 1 aromatic carbocycles. The Kier molecular flexibility index (Phi) is 2.47. The molecule has 16 heavy (non-hydrogen) atoms. The molecule has 3 rings (SSSR count). The number of rotatable bonds is 3. The molecule has 2 aliphatic rings. The Hall–Kier alpha value is -0.890. The minimum atomic E-state index is -0.139. The quantitative estimate of drug-likeness (QED) is 0.822. The Morgan fingerprint density at radius 3 is 2.25 bits per heavy atom. The van der Waals surface area contributed by atoms with Gasteiger partial charge >= 0.3 is 0 Å². The third-order valence-electron chi connectivity index (χ3n) is 3.98. The number of hydrogen-bond acceptors (Lipinski definition) is 1. The van der Waals surface area contributed by atoms with Crippen molar-refractivity contribution in [3.63, 3.8) is 0 Å². The Balaban J connectivity index is 1.74. The van der Waals surface area contributed by atoms with Crippen LogP contribution < -0.4 is 5.32 Å². The molecule has 0 bridgehead atoms. The summed E-state index contributed by atoms with van der Waals surface area (Å²) in [6.07, 6.45) is 7.74. The number of hydrogen-bond donors (Lipinski definition) is 1. The summed E-state index contributed by atoms with van der Waals surface area (Å²) in [5.74, 6) is -0.139. The molecular weight excluding hydrogens is 201 g/mol. The fraction of sp³-hybridized carbons (Fsp3) is 0.571. The highest BCUT2D eigenvalue weighted by atomic mass is 19.1. The van der Waals surface area contributed by atoms with E-state index >= 15 is 0 Å². The molecule has 2 aliphatic carbocycles. The SMILES string of the molecule is Fc1ccc(C2(NC3CCCC3)CC2)cc1. The van der Waals surface area contributed by atoms with Crippen molar-refractivity contribution in [2.24, 2.45) is 0 Å². The van der Waals surface area contributed by atoms with Gasteiger partial charge in [-0.05, 0) is 43.4 Å². The van der Waals surface area contributed by atoms with Gasteiger partial charge in [0, 0.05) is 11.6 Å². The third kappa shape index (κ3) is 1.86. The molecule has 0 aromatic heterocycles. The molecule has 2 heteroatoms. The first-order valence-electron chi connectivity index (χ1n) is 6.32. The molecule has 1 N–H and O–H groups in total. The van der Waals surface area contributed by atoms with E-state index in [1.165, 1.54) is 44.1 Å². The first-order valence-corrected chi connectivity index (χ1v) is 6.32. The van der Waals surface area contributed by atoms with E-state index in [9.17, 15) is 4.39 Å². The first kappa shape index (κ1) is 10.3. The van der Waals surface area contributed by atoms with Crippen molar-refractivity contribution in [1.29, 1.82) is 0 Å². The molecule has 0 heterocycles. The van der Waals surface area contributed by atoms with Gasteiger partial charge in [-0.3, -0.25) is 0 Å². The zero-order valence-electron chi connectivity index (χ0n) is 9.51. The lowest BCUT2D eigenvalue weighted by molar-refractivity contribution is 0.423. The molecule has 1 nitrogen and oxygen atoms in total. The fourth-order valence-corrected chi connectivity index (χ4v) is 2.87. The van der Waals surface area contributed by atoms with Crippen LogP contribution in [0.15, 0.2) is 24.3 Å². The van der Waals surface area contributed by atoms with Gasteiger partial charge in [0.05, 0.1) is 0 Å². The normalized spacial score (nSPS) is 23.6. The molecular formula is C14H18FN. The van der Waals surface area contributed by atoms with Gasteiger partial charge in [-0.15, -0.1) is 0 Å². The molecule has 2 fully saturated rings. The molecule has 0 atom stereocenters. The molecule has 1 aromatic rings. The summed E-state index contributed by atoms with van der Waals surface area (Å²) in [6.45, 7) is 0. The van der Waals surface area contributed by atoms with Crippen molar-refractivity contribution in [3.8, 4) is 0 Å². The monoisotopic (exact) mass is 219 g/mol. The Labute approximate surface area is 96.1 Å². The van der Waals surface area contributed by atoms with Gasteiger partial charge in [0.2, 0.25) is 0 Å². The predicted molar refractivity (Wildman–Crippen MR) is 62.7 cm³/mol. The summed E-state index contributed by atoms with van der Waals surface area (Å²) in [7, 11) is 0. The minimum Gasteiger partial charge on any atom is -0.305 e. The molecule has 0 aliphatic heterocycles. The van der Waals surface area contributed by atoms with Crippen LogP contribution in [0.1, 0.15) is 44.1 Å². The number of benzene rings is 1. The lowest BCUT2D eigenvalue weighted by atomic mass is 10.0. The van der Waals surface area contributed by atoms with Crippen LogP contribution in [0.5, 0.6) is 0 Å². The maximum Gasteiger partial charge on any atom is 0.123 e. The van der Waals surface area contributed by atoms with Gasteiger partial charge in [-0.25, -0.2) is 4.39 Å². The van der Waals surface area contributed by atoms with E-state index in [4.69, 9.17) is 0 Å². The van der Waals surface area contributed by atoms with Gasteiger partial charge in [-0.2, -0.15) is 0 Å². The number of nitrogens with one attached hydrogen (secondary N) is 1. The first-order chi connectivity index (χ1) is 7.78. The van der Waals surface area contributed by atoms with Crippen LogP contribution in [0.25, 0.3) is 0 Å². The Bertz CT molecular complexity index is 361. The Morgan fingerprint density at radius 2 is 1.69 bits per heavy atom. The smallest absolute Gasteiger partial charge is 0.123 e. The highest BCUT2D eigenvalue weighted by Gasteiger charge is 2.45. The van der Waals surface area contributed by atoms with Gasteiger partial charge in [-0.1, -0.05) is 25.0 Å². The average Bonchev–Trinajstić information content (AvgIpc) is 2.88. The fourth-order valence-electron chi connectivity index (χ4n) is 2.87. The summed E-state index contributed by atoms with van der Waals surface area (Å²) in [6, 6.07) is 7.71. The average molecular weight is 219 g/mol. The maximum absolute atomic E-state index is 12.9. The van der Waals surface area contributed by atoms with E-state index in [1.54, 1.807) is 12.1 Å². The van der Waals surface area contributed by atoms with Gasteiger partial charge in [0.1, 0.15) is 5.82 Å².